The van der Waals surface area contributed by atoms with Crippen molar-refractivity contribution in [2.75, 3.05) is 11.1 Å². The zero-order chi connectivity index (χ0) is 27.6. The summed E-state index contributed by atoms with van der Waals surface area (Å²) in [6.07, 6.45) is 17.8. The molecule has 0 spiro atoms. The SMILES string of the molecule is C1CCCCC1.Nc1nc(Nc2ccc(C#Cc3cc(C(=O)NC4CC4)ccn3)cc2)ncc1-c1ccncc1. The van der Waals surface area contributed by atoms with Gasteiger partial charge in [0, 0.05) is 53.2 Å². The zero-order valence-electron chi connectivity index (χ0n) is 22.4. The second-order valence-electron chi connectivity index (χ2n) is 9.98. The van der Waals surface area contributed by atoms with Crippen LogP contribution in [0.1, 0.15) is 73.0 Å². The van der Waals surface area contributed by atoms with Crippen molar-refractivity contribution in [3.8, 4) is 23.0 Å². The summed E-state index contributed by atoms with van der Waals surface area (Å²) in [4.78, 5) is 29.2. The molecular weight excluding hydrogens is 498 g/mol. The fourth-order valence-corrected chi connectivity index (χ4v) is 4.31. The average Bonchev–Trinajstić information content (AvgIpc) is 3.83. The Morgan fingerprint density at radius 1 is 0.850 bits per heavy atom. The number of aromatic nitrogens is 4. The van der Waals surface area contributed by atoms with Crippen LogP contribution in [-0.2, 0) is 0 Å². The molecule has 1 aromatic carbocycles. The lowest BCUT2D eigenvalue weighted by Gasteiger charge is -2.08. The van der Waals surface area contributed by atoms with Gasteiger partial charge in [0.15, 0.2) is 0 Å². The largest absolute Gasteiger partial charge is 0.383 e. The van der Waals surface area contributed by atoms with E-state index in [0.717, 1.165) is 35.2 Å². The number of amides is 1. The van der Waals surface area contributed by atoms with E-state index in [2.05, 4.69) is 42.4 Å². The zero-order valence-corrected chi connectivity index (χ0v) is 22.4. The minimum absolute atomic E-state index is 0.0833. The average molecular weight is 532 g/mol. The number of benzene rings is 1. The van der Waals surface area contributed by atoms with Crippen molar-refractivity contribution in [2.24, 2.45) is 0 Å². The third-order valence-corrected chi connectivity index (χ3v) is 6.72. The summed E-state index contributed by atoms with van der Waals surface area (Å²) in [7, 11) is 0. The first-order valence-electron chi connectivity index (χ1n) is 13.8. The van der Waals surface area contributed by atoms with Gasteiger partial charge in [-0.25, -0.2) is 9.97 Å². The number of hydrogen-bond donors (Lipinski definition) is 3. The van der Waals surface area contributed by atoms with Gasteiger partial charge >= 0.3 is 0 Å². The van der Waals surface area contributed by atoms with Gasteiger partial charge in [-0.1, -0.05) is 44.4 Å². The molecular formula is C32H33N7O. The van der Waals surface area contributed by atoms with Crippen molar-refractivity contribution in [1.29, 1.82) is 0 Å². The van der Waals surface area contributed by atoms with Crippen molar-refractivity contribution in [3.63, 3.8) is 0 Å². The highest BCUT2D eigenvalue weighted by molar-refractivity contribution is 5.94. The molecule has 4 N–H and O–H groups in total. The van der Waals surface area contributed by atoms with Crippen LogP contribution in [0.25, 0.3) is 11.1 Å². The van der Waals surface area contributed by atoms with Gasteiger partial charge in [0.1, 0.15) is 11.5 Å². The summed E-state index contributed by atoms with van der Waals surface area (Å²) >= 11 is 0. The Morgan fingerprint density at radius 2 is 1.55 bits per heavy atom. The van der Waals surface area contributed by atoms with E-state index in [1.165, 1.54) is 38.5 Å². The van der Waals surface area contributed by atoms with Gasteiger partial charge in [0.25, 0.3) is 5.91 Å². The molecule has 4 aromatic rings. The molecule has 2 aliphatic rings. The molecule has 3 aromatic heterocycles. The molecule has 0 atom stereocenters. The number of rotatable bonds is 5. The molecule has 0 aliphatic heterocycles. The molecule has 8 nitrogen and oxygen atoms in total. The van der Waals surface area contributed by atoms with Gasteiger partial charge < -0.3 is 16.4 Å². The number of carbonyl (C=O) groups is 1. The van der Waals surface area contributed by atoms with E-state index in [4.69, 9.17) is 5.73 Å². The number of carbonyl (C=O) groups excluding carboxylic acids is 1. The maximum Gasteiger partial charge on any atom is 0.251 e. The normalized spacial score (nSPS) is 14.1. The van der Waals surface area contributed by atoms with E-state index in [1.807, 2.05) is 36.4 Å². The predicted molar refractivity (Wildman–Crippen MR) is 158 cm³/mol. The number of hydrogen-bond acceptors (Lipinski definition) is 7. The van der Waals surface area contributed by atoms with Gasteiger partial charge in [-0.3, -0.25) is 9.78 Å². The highest BCUT2D eigenvalue weighted by Gasteiger charge is 2.23. The summed E-state index contributed by atoms with van der Waals surface area (Å²) < 4.78 is 0. The minimum atomic E-state index is -0.0833. The minimum Gasteiger partial charge on any atom is -0.383 e. The molecule has 8 heteroatoms. The van der Waals surface area contributed by atoms with Crippen LogP contribution in [0.4, 0.5) is 17.5 Å². The Morgan fingerprint density at radius 3 is 2.20 bits per heavy atom. The van der Waals surface area contributed by atoms with Gasteiger partial charge in [0.2, 0.25) is 5.95 Å². The fourth-order valence-electron chi connectivity index (χ4n) is 4.31. The molecule has 1 amide bonds. The number of nitrogens with zero attached hydrogens (tertiary/aromatic N) is 4. The number of pyridine rings is 2. The summed E-state index contributed by atoms with van der Waals surface area (Å²) in [6, 6.07) is 15.0. The lowest BCUT2D eigenvalue weighted by Crippen LogP contribution is -2.25. The van der Waals surface area contributed by atoms with Crippen LogP contribution < -0.4 is 16.4 Å². The monoisotopic (exact) mass is 531 g/mol. The number of nitrogens with one attached hydrogen (secondary N) is 2. The molecule has 6 rings (SSSR count). The van der Waals surface area contributed by atoms with Crippen molar-refractivity contribution in [1.82, 2.24) is 25.3 Å². The van der Waals surface area contributed by atoms with E-state index in [9.17, 15) is 4.79 Å². The topological polar surface area (TPSA) is 119 Å². The van der Waals surface area contributed by atoms with Crippen molar-refractivity contribution in [3.05, 3.63) is 90.1 Å². The van der Waals surface area contributed by atoms with Crippen LogP contribution in [0.15, 0.2) is 73.3 Å². The van der Waals surface area contributed by atoms with Gasteiger partial charge in [0.05, 0.1) is 0 Å². The Balaban J connectivity index is 0.000000477. The molecule has 0 unspecified atom stereocenters. The molecule has 2 aliphatic carbocycles. The van der Waals surface area contributed by atoms with Gasteiger partial charge in [-0.05, 0) is 72.9 Å². The number of nitrogens with two attached hydrogens (primary N) is 1. The number of anilines is 3. The Bertz CT molecular complexity index is 1470. The fraction of sp³-hybridized carbons (Fsp3) is 0.281. The molecule has 202 valence electrons. The van der Waals surface area contributed by atoms with Crippen LogP contribution in [-0.4, -0.2) is 31.9 Å². The quantitative estimate of drug-likeness (QED) is 0.275. The highest BCUT2D eigenvalue weighted by atomic mass is 16.1. The van der Waals surface area contributed by atoms with E-state index in [0.29, 0.717) is 29.1 Å². The van der Waals surface area contributed by atoms with Crippen molar-refractivity contribution in [2.45, 2.75) is 57.4 Å². The molecule has 0 radical (unpaired) electrons. The molecule has 2 fully saturated rings. The lowest BCUT2D eigenvalue weighted by atomic mass is 10.0. The lowest BCUT2D eigenvalue weighted by molar-refractivity contribution is 0.0951. The highest BCUT2D eigenvalue weighted by Crippen LogP contribution is 2.25. The van der Waals surface area contributed by atoms with Crippen LogP contribution >= 0.6 is 0 Å². The first-order chi connectivity index (χ1) is 19.6. The van der Waals surface area contributed by atoms with E-state index in [-0.39, 0.29) is 5.91 Å². The van der Waals surface area contributed by atoms with Crippen LogP contribution in [0.5, 0.6) is 0 Å². The van der Waals surface area contributed by atoms with Crippen LogP contribution in [0.2, 0.25) is 0 Å². The first-order valence-corrected chi connectivity index (χ1v) is 13.8. The summed E-state index contributed by atoms with van der Waals surface area (Å²) in [5.74, 6) is 6.79. The summed E-state index contributed by atoms with van der Waals surface area (Å²) in [6.45, 7) is 0. The summed E-state index contributed by atoms with van der Waals surface area (Å²) in [5.41, 5.74) is 10.5. The molecule has 40 heavy (non-hydrogen) atoms. The smallest absolute Gasteiger partial charge is 0.251 e. The van der Waals surface area contributed by atoms with E-state index < -0.39 is 0 Å². The predicted octanol–water partition coefficient (Wildman–Crippen LogP) is 5.89. The third-order valence-electron chi connectivity index (χ3n) is 6.72. The second kappa shape index (κ2) is 13.3. The van der Waals surface area contributed by atoms with E-state index in [1.54, 1.807) is 36.9 Å². The van der Waals surface area contributed by atoms with Crippen molar-refractivity contribution < 1.29 is 4.79 Å². The number of nitrogen functional groups attached to an aromatic ring is 1. The Kier molecular flexibility index (Phi) is 8.95. The third kappa shape index (κ3) is 7.87. The van der Waals surface area contributed by atoms with Gasteiger partial charge in [-0.15, -0.1) is 0 Å². The second-order valence-corrected chi connectivity index (χ2v) is 9.98. The van der Waals surface area contributed by atoms with Crippen LogP contribution in [0, 0.1) is 11.8 Å². The standard InChI is InChI=1S/C26H21N7O.C6H12/c27-24-23(18-9-12-28-13-10-18)16-30-26(33-24)32-21-4-1-17(2-5-21)3-6-22-15-19(11-14-29-22)25(34)31-20-7-8-20;1-2-4-6-5-3-1/h1-2,4-5,9-16,20H,7-8H2,(H,31,34)(H3,27,30,32,33);1-6H2. The molecule has 2 saturated carbocycles. The Hall–Kier alpha value is -4.77. The molecule has 3 heterocycles. The van der Waals surface area contributed by atoms with Gasteiger partial charge in [-0.2, -0.15) is 4.98 Å². The van der Waals surface area contributed by atoms with E-state index >= 15 is 0 Å². The molecule has 0 bridgehead atoms. The Labute approximate surface area is 234 Å². The maximum atomic E-state index is 12.2. The first kappa shape index (κ1) is 26.8. The summed E-state index contributed by atoms with van der Waals surface area (Å²) in [5, 5.41) is 6.12. The van der Waals surface area contributed by atoms with Crippen molar-refractivity contribution >= 4 is 23.4 Å². The molecule has 0 saturated heterocycles. The maximum absolute atomic E-state index is 12.2. The van der Waals surface area contributed by atoms with Crippen LogP contribution in [0.3, 0.4) is 0 Å².